The highest BCUT2D eigenvalue weighted by Gasteiger charge is 2.22. The number of ether oxygens (including phenoxy) is 1. The largest absolute Gasteiger partial charge is 0.494 e. The lowest BCUT2D eigenvalue weighted by atomic mass is 9.91. The van der Waals surface area contributed by atoms with E-state index >= 15 is 0 Å². The molecule has 0 atom stereocenters. The average molecular weight is 355 g/mol. The number of phosphoric ester groups is 1. The fraction of sp³-hybridized carbons (Fsp3) is 0.412. The summed E-state index contributed by atoms with van der Waals surface area (Å²) >= 11 is 0. The first-order valence-electron chi connectivity index (χ1n) is 7.64. The lowest BCUT2D eigenvalue weighted by molar-refractivity contribution is 0.216. The molecule has 0 spiro atoms. The third-order valence-electron chi connectivity index (χ3n) is 3.12. The van der Waals surface area contributed by atoms with Crippen LogP contribution in [0.5, 0.6) is 5.75 Å². The molecule has 0 fully saturated rings. The Kier molecular flexibility index (Phi) is 7.24. The summed E-state index contributed by atoms with van der Waals surface area (Å²) in [5.74, 6) is 0.940. The molecule has 0 aliphatic carbocycles. The molecule has 3 N–H and O–H groups in total. The monoisotopic (exact) mass is 355 g/mol. The second-order valence-electron chi connectivity index (χ2n) is 5.89. The molecule has 0 radical (unpaired) electrons. The van der Waals surface area contributed by atoms with Crippen LogP contribution in [0.3, 0.4) is 0 Å². The third kappa shape index (κ3) is 6.89. The van der Waals surface area contributed by atoms with Crippen molar-refractivity contribution in [2.75, 3.05) is 18.5 Å². The Labute approximate surface area is 143 Å². The van der Waals surface area contributed by atoms with Crippen LogP contribution in [0.15, 0.2) is 36.9 Å². The van der Waals surface area contributed by atoms with E-state index < -0.39 is 7.82 Å². The number of rotatable bonds is 5. The van der Waals surface area contributed by atoms with Gasteiger partial charge in [-0.25, -0.2) is 4.57 Å². The summed E-state index contributed by atoms with van der Waals surface area (Å²) < 4.78 is 19.3. The highest BCUT2D eigenvalue weighted by atomic mass is 31.2. The zero-order chi connectivity index (χ0) is 18.4. The fourth-order valence-corrected chi connectivity index (χ4v) is 2.67. The Morgan fingerprint density at radius 1 is 1.38 bits per heavy atom. The molecule has 0 saturated heterocycles. The molecule has 1 aromatic carbocycles. The van der Waals surface area contributed by atoms with E-state index in [1.807, 2.05) is 13.0 Å². The van der Waals surface area contributed by atoms with Crippen LogP contribution in [0.25, 0.3) is 5.57 Å². The molecule has 0 amide bonds. The van der Waals surface area contributed by atoms with Crippen molar-refractivity contribution in [1.82, 2.24) is 0 Å². The van der Waals surface area contributed by atoms with Gasteiger partial charge in [0.2, 0.25) is 0 Å². The van der Waals surface area contributed by atoms with Crippen molar-refractivity contribution in [2.24, 2.45) is 0 Å². The van der Waals surface area contributed by atoms with Crippen LogP contribution >= 0.6 is 7.82 Å². The zero-order valence-electron chi connectivity index (χ0n) is 14.6. The van der Waals surface area contributed by atoms with E-state index in [9.17, 15) is 4.57 Å². The molecule has 0 saturated carbocycles. The predicted molar refractivity (Wildman–Crippen MR) is 97.2 cm³/mol. The highest BCUT2D eigenvalue weighted by molar-refractivity contribution is 7.46. The number of anilines is 1. The van der Waals surface area contributed by atoms with Gasteiger partial charge >= 0.3 is 7.82 Å². The van der Waals surface area contributed by atoms with Gasteiger partial charge in [0.15, 0.2) is 0 Å². The van der Waals surface area contributed by atoms with E-state index in [2.05, 4.69) is 55.4 Å². The first kappa shape index (κ1) is 20.5. The van der Waals surface area contributed by atoms with E-state index in [1.165, 1.54) is 22.9 Å². The van der Waals surface area contributed by atoms with Crippen LogP contribution in [0.2, 0.25) is 0 Å². The molecule has 0 bridgehead atoms. The lowest BCUT2D eigenvalue weighted by Crippen LogP contribution is -2.31. The minimum Gasteiger partial charge on any atom is -0.494 e. The van der Waals surface area contributed by atoms with Gasteiger partial charge in [0.25, 0.3) is 0 Å². The summed E-state index contributed by atoms with van der Waals surface area (Å²) in [4.78, 5) is 16.0. The first-order valence-corrected chi connectivity index (χ1v) is 9.17. The Hall–Kier alpha value is -1.59. The maximum absolute atomic E-state index is 9.81. The van der Waals surface area contributed by atoms with Gasteiger partial charge in [-0.1, -0.05) is 12.2 Å². The summed E-state index contributed by atoms with van der Waals surface area (Å²) in [5.41, 5.74) is 3.77. The molecule has 134 valence electrons. The molecule has 24 heavy (non-hydrogen) atoms. The minimum absolute atomic E-state index is 0.0320. The smallest absolute Gasteiger partial charge is 0.469 e. The normalized spacial score (nSPS) is 15.2. The second kappa shape index (κ2) is 8.49. The maximum atomic E-state index is 9.81. The first-order chi connectivity index (χ1) is 11.1. The molecule has 1 aromatic rings. The van der Waals surface area contributed by atoms with Gasteiger partial charge in [-0.15, -0.1) is 6.58 Å². The van der Waals surface area contributed by atoms with Crippen molar-refractivity contribution >= 4 is 19.1 Å². The quantitative estimate of drug-likeness (QED) is 0.547. The molecule has 1 aliphatic heterocycles. The van der Waals surface area contributed by atoms with Gasteiger partial charge in [0, 0.05) is 11.3 Å². The Bertz CT molecular complexity index is 648. The number of fused-ring (bicyclic) bond motifs is 1. The molecule has 6 nitrogen and oxygen atoms in total. The fourth-order valence-electron chi connectivity index (χ4n) is 2.37. The average Bonchev–Trinajstić information content (AvgIpc) is 2.45. The second-order valence-corrected chi connectivity index (χ2v) is 7.13. The SMILES string of the molecule is C=CCOP(=O)(O)O.CCOc1ccc2c(c1)C(C)=CC(C)(C)N2. The number of hydrogen-bond acceptors (Lipinski definition) is 4. The summed E-state index contributed by atoms with van der Waals surface area (Å²) in [6.07, 6.45) is 3.52. The summed E-state index contributed by atoms with van der Waals surface area (Å²) in [5, 5.41) is 3.50. The molecular weight excluding hydrogens is 329 g/mol. The maximum Gasteiger partial charge on any atom is 0.469 e. The third-order valence-corrected chi connectivity index (χ3v) is 3.61. The van der Waals surface area contributed by atoms with E-state index in [0.29, 0.717) is 6.61 Å². The summed E-state index contributed by atoms with van der Waals surface area (Å²) in [6, 6.07) is 6.22. The van der Waals surface area contributed by atoms with Crippen LogP contribution in [0.1, 0.15) is 33.3 Å². The topological polar surface area (TPSA) is 88.0 Å². The van der Waals surface area contributed by atoms with E-state index in [-0.39, 0.29) is 12.1 Å². The molecular formula is C17H26NO5P. The molecule has 0 unspecified atom stereocenters. The molecule has 2 rings (SSSR count). The number of hydrogen-bond donors (Lipinski definition) is 3. The summed E-state index contributed by atoms with van der Waals surface area (Å²) in [7, 11) is -4.25. The van der Waals surface area contributed by atoms with Crippen LogP contribution in [0.4, 0.5) is 5.69 Å². The number of benzene rings is 1. The van der Waals surface area contributed by atoms with Gasteiger partial charge in [0.05, 0.1) is 18.8 Å². The van der Waals surface area contributed by atoms with Crippen LogP contribution in [-0.4, -0.2) is 28.5 Å². The van der Waals surface area contributed by atoms with E-state index in [1.54, 1.807) is 0 Å². The summed E-state index contributed by atoms with van der Waals surface area (Å²) in [6.45, 7) is 12.3. The van der Waals surface area contributed by atoms with E-state index in [0.717, 1.165) is 5.75 Å². The van der Waals surface area contributed by atoms with Crippen LogP contribution in [0, 0.1) is 0 Å². The van der Waals surface area contributed by atoms with E-state index in [4.69, 9.17) is 14.5 Å². The molecule has 1 aliphatic rings. The highest BCUT2D eigenvalue weighted by Crippen LogP contribution is 2.36. The van der Waals surface area contributed by atoms with Crippen molar-refractivity contribution in [1.29, 1.82) is 0 Å². The molecule has 0 aromatic heterocycles. The van der Waals surface area contributed by atoms with Gasteiger partial charge < -0.3 is 19.8 Å². The predicted octanol–water partition coefficient (Wildman–Crippen LogP) is 3.97. The number of phosphoric acid groups is 1. The lowest BCUT2D eigenvalue weighted by Gasteiger charge is -2.31. The van der Waals surface area contributed by atoms with Crippen LogP contribution in [-0.2, 0) is 9.09 Å². The van der Waals surface area contributed by atoms with Gasteiger partial charge in [-0.3, -0.25) is 4.52 Å². The van der Waals surface area contributed by atoms with Crippen LogP contribution < -0.4 is 10.1 Å². The Morgan fingerprint density at radius 3 is 2.54 bits per heavy atom. The molecule has 1 heterocycles. The van der Waals surface area contributed by atoms with Crippen molar-refractivity contribution in [3.63, 3.8) is 0 Å². The van der Waals surface area contributed by atoms with Crippen molar-refractivity contribution in [2.45, 2.75) is 33.2 Å². The molecule has 7 heteroatoms. The Morgan fingerprint density at radius 2 is 2.04 bits per heavy atom. The van der Waals surface area contributed by atoms with Gasteiger partial charge in [-0.05, 0) is 51.5 Å². The standard InChI is InChI=1S/C14H19NO.C3H7O4P/c1-5-16-11-6-7-13-12(8-11)10(2)9-14(3,4)15-13;1-2-3-7-8(4,5)6/h6-9,15H,5H2,1-4H3;2H,1,3H2,(H2,4,5,6). The minimum atomic E-state index is -4.25. The zero-order valence-corrected chi connectivity index (χ0v) is 15.5. The van der Waals surface area contributed by atoms with Crippen molar-refractivity contribution in [3.8, 4) is 5.75 Å². The Balaban J connectivity index is 0.000000307. The van der Waals surface area contributed by atoms with Gasteiger partial charge in [-0.2, -0.15) is 0 Å². The van der Waals surface area contributed by atoms with Crippen molar-refractivity contribution < 1.29 is 23.6 Å². The van der Waals surface area contributed by atoms with Crippen molar-refractivity contribution in [3.05, 3.63) is 42.5 Å². The van der Waals surface area contributed by atoms with Gasteiger partial charge in [0.1, 0.15) is 5.75 Å². The number of nitrogens with one attached hydrogen (secondary N) is 1. The number of allylic oxidation sites excluding steroid dienone is 1.